The molecule has 45 heavy (non-hydrogen) atoms. The Hall–Kier alpha value is -3.53. The molecule has 3 N–H and O–H groups in total. The van der Waals surface area contributed by atoms with Crippen LogP contribution in [0.5, 0.6) is 0 Å². The Morgan fingerprint density at radius 3 is 2.18 bits per heavy atom. The van der Waals surface area contributed by atoms with Gasteiger partial charge in [-0.25, -0.2) is 21.6 Å². The van der Waals surface area contributed by atoms with Crippen molar-refractivity contribution in [3.8, 4) is 0 Å². The van der Waals surface area contributed by atoms with Crippen LogP contribution in [0, 0.1) is 23.4 Å². The minimum absolute atomic E-state index is 0.0623. The number of hydrogen-bond donors (Lipinski definition) is 3. The molecule has 3 aromatic rings. The fourth-order valence-electron chi connectivity index (χ4n) is 4.39. The highest BCUT2D eigenvalue weighted by Gasteiger charge is 2.67. The van der Waals surface area contributed by atoms with Crippen LogP contribution in [0.1, 0.15) is 27.4 Å². The number of halogens is 9. The highest BCUT2D eigenvalue weighted by molar-refractivity contribution is 7.91. The van der Waals surface area contributed by atoms with E-state index in [1.165, 1.54) is 12.1 Å². The van der Waals surface area contributed by atoms with Gasteiger partial charge in [-0.1, -0.05) is 17.7 Å². The average Bonchev–Trinajstić information content (AvgIpc) is 3.49. The predicted octanol–water partition coefficient (Wildman–Crippen LogP) is 6.54. The molecule has 3 aromatic carbocycles. The van der Waals surface area contributed by atoms with Gasteiger partial charge in [-0.3, -0.25) is 14.4 Å². The predicted molar refractivity (Wildman–Crippen MR) is 155 cm³/mol. The van der Waals surface area contributed by atoms with E-state index in [2.05, 4.69) is 10.6 Å². The summed E-state index contributed by atoms with van der Waals surface area (Å²) >= 11 is 18.5. The minimum atomic E-state index is -5.02. The van der Waals surface area contributed by atoms with Gasteiger partial charge in [0.05, 0.1) is 27.8 Å². The van der Waals surface area contributed by atoms with Crippen LogP contribution in [0.3, 0.4) is 0 Å². The fraction of sp³-hybridized carbons (Fsp3) is 0.222. The first-order valence-corrected chi connectivity index (χ1v) is 15.5. The van der Waals surface area contributed by atoms with Crippen molar-refractivity contribution in [1.29, 1.82) is 0 Å². The van der Waals surface area contributed by atoms with Crippen molar-refractivity contribution in [3.05, 3.63) is 87.7 Å². The van der Waals surface area contributed by atoms with Gasteiger partial charge in [-0.05, 0) is 48.0 Å². The molecule has 1 aliphatic rings. The topological polar surface area (TPSA) is 121 Å². The number of carbonyl (C=O) groups is 3. The number of rotatable bonds is 8. The number of amides is 3. The van der Waals surface area contributed by atoms with E-state index >= 15 is 0 Å². The Morgan fingerprint density at radius 1 is 0.911 bits per heavy atom. The molecule has 3 amide bonds. The number of sulfone groups is 1. The number of anilines is 3. The lowest BCUT2D eigenvalue weighted by Gasteiger charge is -2.13. The summed E-state index contributed by atoms with van der Waals surface area (Å²) in [5, 5.41) is 6.14. The molecule has 1 saturated carbocycles. The Morgan fingerprint density at radius 2 is 1.56 bits per heavy atom. The molecule has 0 spiro atoms. The molecule has 18 heteroatoms. The van der Waals surface area contributed by atoms with Crippen molar-refractivity contribution in [2.45, 2.75) is 16.4 Å². The molecule has 0 bridgehead atoms. The van der Waals surface area contributed by atoms with Gasteiger partial charge < -0.3 is 16.0 Å². The lowest BCUT2D eigenvalue weighted by atomic mass is 10.0. The van der Waals surface area contributed by atoms with Crippen molar-refractivity contribution in [1.82, 2.24) is 0 Å². The maximum Gasteiger partial charge on any atom is 0.419 e. The van der Waals surface area contributed by atoms with Crippen LogP contribution in [0.4, 0.5) is 43.4 Å². The van der Waals surface area contributed by atoms with Gasteiger partial charge in [-0.2, -0.15) is 13.2 Å². The number of benzene rings is 3. The molecule has 4 rings (SSSR count). The monoisotopic (exact) mass is 715 g/mol. The van der Waals surface area contributed by atoms with Gasteiger partial charge in [0.1, 0.15) is 27.4 Å². The molecule has 240 valence electrons. The van der Waals surface area contributed by atoms with Crippen molar-refractivity contribution in [3.63, 3.8) is 0 Å². The van der Waals surface area contributed by atoms with Crippen molar-refractivity contribution < 1.29 is 49.1 Å². The summed E-state index contributed by atoms with van der Waals surface area (Å²) in [6.07, 6.45) is -4.28. The Labute approximate surface area is 265 Å². The van der Waals surface area contributed by atoms with Crippen molar-refractivity contribution in [2.75, 3.05) is 28.0 Å². The first-order valence-electron chi connectivity index (χ1n) is 12.3. The van der Waals surface area contributed by atoms with Crippen LogP contribution in [0.15, 0.2) is 48.5 Å². The standard InChI is InChI=1S/C27H18Cl3F6N3O5S/c1-45(43,44)10-19(40)39-23-17(32)6-7-18(22(23)33)38-24(41)13-9-12(3-4-15(13)28)37-25(42)21-20(26(21,29)30)11-2-5-16(31)14(8-11)27(34,35)36/h2-9,20-21H,10H2,1H3,(H,37,42)(H,38,41)(H,39,40). The van der Waals surface area contributed by atoms with Crippen LogP contribution in [-0.4, -0.2) is 42.5 Å². The Kier molecular flexibility index (Phi) is 9.42. The summed E-state index contributed by atoms with van der Waals surface area (Å²) in [7, 11) is -3.83. The third-order valence-electron chi connectivity index (χ3n) is 6.47. The smallest absolute Gasteiger partial charge is 0.326 e. The highest BCUT2D eigenvalue weighted by Crippen LogP contribution is 2.65. The molecule has 8 nitrogen and oxygen atoms in total. The number of nitrogens with one attached hydrogen (secondary N) is 3. The van der Waals surface area contributed by atoms with Gasteiger partial charge >= 0.3 is 6.18 Å². The highest BCUT2D eigenvalue weighted by atomic mass is 35.5. The largest absolute Gasteiger partial charge is 0.419 e. The van der Waals surface area contributed by atoms with E-state index in [1.807, 2.05) is 0 Å². The zero-order valence-electron chi connectivity index (χ0n) is 22.3. The zero-order chi connectivity index (χ0) is 33.6. The van der Waals surface area contributed by atoms with Crippen molar-refractivity contribution in [2.24, 2.45) is 5.92 Å². The van der Waals surface area contributed by atoms with E-state index < -0.39 is 90.0 Å². The summed E-state index contributed by atoms with van der Waals surface area (Å²) in [5.41, 5.74) is -3.75. The van der Waals surface area contributed by atoms with Crippen LogP contribution >= 0.6 is 34.8 Å². The quantitative estimate of drug-likeness (QED) is 0.181. The SMILES string of the molecule is CS(=O)(=O)CC(=O)Nc1c(F)ccc(NC(=O)c2cc(NC(=O)C3C(c4ccc(F)c(C(F)(F)F)c4)C3(Cl)Cl)ccc2Cl)c1F. The van der Waals surface area contributed by atoms with E-state index in [-0.39, 0.29) is 21.8 Å². The first-order chi connectivity index (χ1) is 20.7. The van der Waals surface area contributed by atoms with Gasteiger partial charge in [-0.15, -0.1) is 23.2 Å². The average molecular weight is 717 g/mol. The third-order valence-corrected chi connectivity index (χ3v) is 8.52. The number of carbonyl (C=O) groups excluding carboxylic acids is 3. The second-order valence-corrected chi connectivity index (χ2v) is 13.9. The molecule has 2 atom stereocenters. The zero-order valence-corrected chi connectivity index (χ0v) is 25.4. The lowest BCUT2D eigenvalue weighted by Crippen LogP contribution is -2.23. The normalized spacial score (nSPS) is 17.4. The molecule has 0 radical (unpaired) electrons. The maximum absolute atomic E-state index is 15.0. The van der Waals surface area contributed by atoms with E-state index in [9.17, 15) is 49.1 Å². The molecule has 1 fully saturated rings. The van der Waals surface area contributed by atoms with E-state index in [0.717, 1.165) is 24.5 Å². The molecular formula is C27H18Cl3F6N3O5S. The Bertz CT molecular complexity index is 1840. The molecular weight excluding hydrogens is 699 g/mol. The minimum Gasteiger partial charge on any atom is -0.326 e. The molecule has 0 aromatic heterocycles. The second kappa shape index (κ2) is 12.3. The number of hydrogen-bond acceptors (Lipinski definition) is 5. The molecule has 0 heterocycles. The molecule has 0 aliphatic heterocycles. The van der Waals surface area contributed by atoms with Crippen LogP contribution in [-0.2, 0) is 25.6 Å². The summed E-state index contributed by atoms with van der Waals surface area (Å²) in [6.45, 7) is 0. The molecule has 1 aliphatic carbocycles. The lowest BCUT2D eigenvalue weighted by molar-refractivity contribution is -0.140. The molecule has 0 saturated heterocycles. The maximum atomic E-state index is 15.0. The summed E-state index contributed by atoms with van der Waals surface area (Å²) in [6, 6.07) is 7.12. The van der Waals surface area contributed by atoms with Crippen LogP contribution < -0.4 is 16.0 Å². The van der Waals surface area contributed by atoms with Crippen molar-refractivity contribution >= 4 is 79.4 Å². The second-order valence-electron chi connectivity index (χ2n) is 9.91. The van der Waals surface area contributed by atoms with Gasteiger partial charge in [0.2, 0.25) is 11.8 Å². The molecule has 2 unspecified atom stereocenters. The summed E-state index contributed by atoms with van der Waals surface area (Å²) < 4.78 is 103. The van der Waals surface area contributed by atoms with Crippen LogP contribution in [0.25, 0.3) is 0 Å². The van der Waals surface area contributed by atoms with Crippen LogP contribution in [0.2, 0.25) is 5.02 Å². The summed E-state index contributed by atoms with van der Waals surface area (Å²) in [5.74, 6) is -10.9. The van der Waals surface area contributed by atoms with Gasteiger partial charge in [0.25, 0.3) is 5.91 Å². The van der Waals surface area contributed by atoms with E-state index in [4.69, 9.17) is 34.8 Å². The fourth-order valence-corrected chi connectivity index (χ4v) is 5.97. The Balaban J connectivity index is 1.52. The number of alkyl halides is 5. The van der Waals surface area contributed by atoms with E-state index in [0.29, 0.717) is 18.2 Å². The van der Waals surface area contributed by atoms with Gasteiger partial charge in [0, 0.05) is 17.9 Å². The summed E-state index contributed by atoms with van der Waals surface area (Å²) in [4.78, 5) is 37.8. The first kappa shape index (κ1) is 34.3. The van der Waals surface area contributed by atoms with Gasteiger partial charge in [0.15, 0.2) is 15.7 Å². The van der Waals surface area contributed by atoms with E-state index in [1.54, 1.807) is 5.32 Å². The third kappa shape index (κ3) is 7.65.